The molecule has 0 saturated carbocycles. The average Bonchev–Trinajstić information content (AvgIpc) is 2.99. The van der Waals surface area contributed by atoms with Gasteiger partial charge in [-0.2, -0.15) is 13.2 Å². The number of carbonyl (C=O) groups excluding carboxylic acids is 1. The Labute approximate surface area is 268 Å². The lowest BCUT2D eigenvalue weighted by molar-refractivity contribution is -0.138. The first-order valence-corrected chi connectivity index (χ1v) is 16.5. The molecule has 46 heavy (non-hydrogen) atoms. The fourth-order valence-corrected chi connectivity index (χ4v) is 5.64. The predicted molar refractivity (Wildman–Crippen MR) is 172 cm³/mol. The van der Waals surface area contributed by atoms with E-state index in [1.54, 1.807) is 43.3 Å². The van der Waals surface area contributed by atoms with E-state index in [1.807, 2.05) is 19.1 Å². The van der Waals surface area contributed by atoms with Gasteiger partial charge in [-0.1, -0.05) is 12.1 Å². The predicted octanol–water partition coefficient (Wildman–Crippen LogP) is 3.95. The number of methoxy groups -OCH3 is 1. The molecule has 2 heterocycles. The van der Waals surface area contributed by atoms with Gasteiger partial charge in [0.15, 0.2) is 0 Å². The maximum absolute atomic E-state index is 14.0. The van der Waals surface area contributed by atoms with Gasteiger partial charge in [-0.3, -0.25) is 14.0 Å². The quantitative estimate of drug-likeness (QED) is 0.326. The van der Waals surface area contributed by atoms with Crippen LogP contribution in [0, 0.1) is 6.92 Å². The van der Waals surface area contributed by atoms with Crippen LogP contribution >= 0.6 is 0 Å². The lowest BCUT2D eigenvalue weighted by Crippen LogP contribution is -2.49. The van der Waals surface area contributed by atoms with Crippen LogP contribution in [0.15, 0.2) is 42.6 Å². The maximum Gasteiger partial charge on any atom is 0.419 e. The van der Waals surface area contributed by atoms with Crippen molar-refractivity contribution in [2.75, 3.05) is 81.8 Å². The molecule has 4 rings (SSSR count). The van der Waals surface area contributed by atoms with Crippen LogP contribution in [0.25, 0.3) is 0 Å². The molecule has 0 radical (unpaired) electrons. The highest BCUT2D eigenvalue weighted by Gasteiger charge is 2.35. The highest BCUT2D eigenvalue weighted by Crippen LogP contribution is 2.35. The zero-order valence-electron chi connectivity index (χ0n) is 26.8. The van der Waals surface area contributed by atoms with Crippen molar-refractivity contribution in [1.82, 2.24) is 19.8 Å². The number of hydrogen-bond donors (Lipinski definition) is 1. The lowest BCUT2D eigenvalue weighted by atomic mass is 10.0. The third-order valence-corrected chi connectivity index (χ3v) is 9.10. The van der Waals surface area contributed by atoms with Crippen LogP contribution in [-0.4, -0.2) is 101 Å². The second-order valence-corrected chi connectivity index (χ2v) is 13.5. The third-order valence-electron chi connectivity index (χ3n) is 7.91. The number of halogens is 3. The Morgan fingerprint density at radius 2 is 1.74 bits per heavy atom. The van der Waals surface area contributed by atoms with Crippen LogP contribution in [0.4, 0.5) is 36.2 Å². The minimum Gasteiger partial charge on any atom is -0.494 e. The summed E-state index contributed by atoms with van der Waals surface area (Å²) in [7, 11) is 2.79. The number of ether oxygens (including phenoxy) is 1. The SMILES string of the molecule is COc1cc(N2CCN(CC(=O)N(C)C)CC2)ccc1Nc1ncc(C(F)(F)F)c(CCc2ccc(C)cc2N(C)S(C)(=O)=O)n1. The second kappa shape index (κ2) is 14.1. The molecule has 1 amide bonds. The Bertz CT molecular complexity index is 1660. The lowest BCUT2D eigenvalue weighted by Gasteiger charge is -2.36. The molecule has 3 aromatic rings. The van der Waals surface area contributed by atoms with Crippen molar-refractivity contribution in [2.24, 2.45) is 0 Å². The summed E-state index contributed by atoms with van der Waals surface area (Å²) in [5.74, 6) is 0.477. The van der Waals surface area contributed by atoms with Crippen LogP contribution < -0.4 is 19.3 Å². The number of amides is 1. The van der Waals surface area contributed by atoms with E-state index in [0.717, 1.165) is 41.1 Å². The molecule has 0 bridgehead atoms. The number of nitrogens with one attached hydrogen (secondary N) is 1. The van der Waals surface area contributed by atoms with E-state index in [0.29, 0.717) is 42.3 Å². The largest absolute Gasteiger partial charge is 0.494 e. The Morgan fingerprint density at radius 3 is 2.35 bits per heavy atom. The summed E-state index contributed by atoms with van der Waals surface area (Å²) in [6.45, 7) is 5.05. The van der Waals surface area contributed by atoms with Crippen LogP contribution in [0.1, 0.15) is 22.4 Å². The van der Waals surface area contributed by atoms with Gasteiger partial charge in [-0.05, 0) is 49.1 Å². The molecule has 1 N–H and O–H groups in total. The number of alkyl halides is 3. The van der Waals surface area contributed by atoms with Crippen molar-refractivity contribution < 1.29 is 31.1 Å². The molecule has 1 fully saturated rings. The highest BCUT2D eigenvalue weighted by molar-refractivity contribution is 7.92. The number of piperazine rings is 1. The van der Waals surface area contributed by atoms with Crippen LogP contribution in [0.5, 0.6) is 5.75 Å². The van der Waals surface area contributed by atoms with Crippen molar-refractivity contribution in [2.45, 2.75) is 25.9 Å². The summed E-state index contributed by atoms with van der Waals surface area (Å²) in [5, 5.41) is 3.00. The number of sulfonamides is 1. The van der Waals surface area contributed by atoms with Gasteiger partial charge in [-0.15, -0.1) is 0 Å². The summed E-state index contributed by atoms with van der Waals surface area (Å²) < 4.78 is 73.1. The molecule has 2 aromatic carbocycles. The van der Waals surface area contributed by atoms with Crippen LogP contribution in [0.2, 0.25) is 0 Å². The molecule has 1 saturated heterocycles. The third kappa shape index (κ3) is 8.57. The fraction of sp³-hybridized carbons (Fsp3) is 0.452. The number of benzene rings is 2. The zero-order valence-corrected chi connectivity index (χ0v) is 27.7. The summed E-state index contributed by atoms with van der Waals surface area (Å²) in [4.78, 5) is 26.1. The van der Waals surface area contributed by atoms with E-state index in [9.17, 15) is 26.4 Å². The molecule has 1 aromatic heterocycles. The monoisotopic (exact) mass is 663 g/mol. The van der Waals surface area contributed by atoms with E-state index in [-0.39, 0.29) is 30.4 Å². The van der Waals surface area contributed by atoms with Gasteiger partial charge in [0.1, 0.15) is 5.75 Å². The number of aryl methyl sites for hydroxylation is 3. The van der Waals surface area contributed by atoms with E-state index < -0.39 is 21.8 Å². The summed E-state index contributed by atoms with van der Waals surface area (Å²) in [5.41, 5.74) is 1.98. The normalized spacial score (nSPS) is 14.2. The first-order chi connectivity index (χ1) is 21.6. The fourth-order valence-electron chi connectivity index (χ4n) is 5.11. The molecule has 11 nitrogen and oxygen atoms in total. The zero-order chi connectivity index (χ0) is 33.8. The Balaban J connectivity index is 1.53. The van der Waals surface area contributed by atoms with Gasteiger partial charge in [0.2, 0.25) is 21.9 Å². The molecule has 0 atom stereocenters. The van der Waals surface area contributed by atoms with Crippen molar-refractivity contribution in [3.05, 3.63) is 65.0 Å². The van der Waals surface area contributed by atoms with E-state index in [4.69, 9.17) is 4.74 Å². The topological polar surface area (TPSA) is 111 Å². The van der Waals surface area contributed by atoms with Gasteiger partial charge in [0, 0.05) is 65.3 Å². The summed E-state index contributed by atoms with van der Waals surface area (Å²) in [6, 6.07) is 10.7. The minimum absolute atomic E-state index is 0.0365. The molecule has 0 unspecified atom stereocenters. The number of likely N-dealkylation sites (N-methyl/N-ethyl adjacent to an activating group) is 1. The van der Waals surface area contributed by atoms with Gasteiger partial charge < -0.3 is 19.9 Å². The van der Waals surface area contributed by atoms with Crippen LogP contribution in [-0.2, 0) is 33.8 Å². The summed E-state index contributed by atoms with van der Waals surface area (Å²) >= 11 is 0. The van der Waals surface area contributed by atoms with E-state index in [1.165, 1.54) is 14.2 Å². The van der Waals surface area contributed by atoms with Crippen molar-refractivity contribution in [3.8, 4) is 5.75 Å². The van der Waals surface area contributed by atoms with Crippen molar-refractivity contribution in [1.29, 1.82) is 0 Å². The smallest absolute Gasteiger partial charge is 0.419 e. The first kappa shape index (κ1) is 34.8. The van der Waals surface area contributed by atoms with Crippen molar-refractivity contribution in [3.63, 3.8) is 0 Å². The van der Waals surface area contributed by atoms with Gasteiger partial charge >= 0.3 is 6.18 Å². The Hall–Kier alpha value is -4.11. The molecule has 15 heteroatoms. The molecule has 0 aliphatic carbocycles. The minimum atomic E-state index is -4.68. The highest BCUT2D eigenvalue weighted by atomic mass is 32.2. The maximum atomic E-state index is 14.0. The summed E-state index contributed by atoms with van der Waals surface area (Å²) in [6.07, 6.45) is -2.85. The van der Waals surface area contributed by atoms with Gasteiger partial charge in [0.25, 0.3) is 0 Å². The number of nitrogens with zero attached hydrogens (tertiary/aromatic N) is 6. The second-order valence-electron chi connectivity index (χ2n) is 11.5. The van der Waals surface area contributed by atoms with Crippen LogP contribution in [0.3, 0.4) is 0 Å². The van der Waals surface area contributed by atoms with E-state index >= 15 is 0 Å². The number of anilines is 4. The molecular weight excluding hydrogens is 623 g/mol. The standard InChI is InChI=1S/C31H40F3N7O4S/c1-21-7-8-22(27(17-21)39(4)46(6,43)44)9-11-25-24(31(32,33)34)19-35-30(36-25)37-26-12-10-23(18-28(26)45-5)41-15-13-40(14-16-41)20-29(42)38(2)3/h7-8,10,12,17-19H,9,11,13-16,20H2,1-6H3,(H,35,36,37). The van der Waals surface area contributed by atoms with E-state index in [2.05, 4.69) is 25.1 Å². The average molecular weight is 664 g/mol. The number of carbonyl (C=O) groups is 1. The molecule has 250 valence electrons. The molecular formula is C31H40F3N7O4S. The number of rotatable bonds is 11. The Kier molecular flexibility index (Phi) is 10.7. The molecule has 1 aliphatic heterocycles. The van der Waals surface area contributed by atoms with Gasteiger partial charge in [-0.25, -0.2) is 18.4 Å². The first-order valence-electron chi connectivity index (χ1n) is 14.7. The van der Waals surface area contributed by atoms with Gasteiger partial charge in [0.05, 0.1) is 42.5 Å². The molecule has 0 spiro atoms. The van der Waals surface area contributed by atoms with Crippen molar-refractivity contribution >= 4 is 38.9 Å². The molecule has 1 aliphatic rings. The Morgan fingerprint density at radius 1 is 1.04 bits per heavy atom. The number of hydrogen-bond acceptors (Lipinski definition) is 9. The number of aromatic nitrogens is 2.